The molecule has 210 valence electrons. The van der Waals surface area contributed by atoms with Gasteiger partial charge < -0.3 is 34.3 Å². The highest BCUT2D eigenvalue weighted by Gasteiger charge is 2.93. The molecule has 7 fully saturated rings. The topological polar surface area (TPSA) is 166 Å². The minimum atomic E-state index is -2.32. The summed E-state index contributed by atoms with van der Waals surface area (Å²) in [6.45, 7) is 4.69. The Hall–Kier alpha value is -2.18. The molecule has 0 radical (unpaired) electrons. The van der Waals surface area contributed by atoms with E-state index in [2.05, 4.69) is 0 Å². The molecule has 13 atom stereocenters. The van der Waals surface area contributed by atoms with Gasteiger partial charge in [0.2, 0.25) is 5.79 Å². The van der Waals surface area contributed by atoms with Gasteiger partial charge in [0.05, 0.1) is 30.0 Å². The maximum atomic E-state index is 14.9. The molecule has 3 aliphatic carbocycles. The van der Waals surface area contributed by atoms with Crippen molar-refractivity contribution in [2.75, 3.05) is 6.61 Å². The summed E-state index contributed by atoms with van der Waals surface area (Å²) in [6.07, 6.45) is 0.491. The van der Waals surface area contributed by atoms with Gasteiger partial charge in [-0.25, -0.2) is 4.79 Å². The fourth-order valence-electron chi connectivity index (χ4n) is 10.6. The van der Waals surface area contributed by atoms with E-state index in [1.807, 2.05) is 0 Å². The van der Waals surface area contributed by atoms with Crippen LogP contribution in [-0.4, -0.2) is 85.8 Å². The van der Waals surface area contributed by atoms with E-state index in [-0.39, 0.29) is 38.7 Å². The highest BCUT2D eigenvalue weighted by atomic mass is 16.8. The van der Waals surface area contributed by atoms with Crippen LogP contribution in [-0.2, 0) is 38.1 Å². The zero-order valence-corrected chi connectivity index (χ0v) is 22.0. The van der Waals surface area contributed by atoms with Crippen LogP contribution < -0.4 is 0 Å². The molecule has 11 heteroatoms. The minimum absolute atomic E-state index is 0.0207. The maximum absolute atomic E-state index is 14.9. The van der Waals surface area contributed by atoms with Gasteiger partial charge in [0, 0.05) is 5.92 Å². The van der Waals surface area contributed by atoms with Crippen molar-refractivity contribution >= 4 is 23.5 Å². The Balaban J connectivity index is 1.43. The average Bonchev–Trinajstić information content (AvgIpc) is 3.19. The van der Waals surface area contributed by atoms with Crippen molar-refractivity contribution in [1.82, 2.24) is 0 Å². The van der Waals surface area contributed by atoms with Crippen LogP contribution in [0, 0.1) is 34.5 Å². The van der Waals surface area contributed by atoms with Gasteiger partial charge in [-0.3, -0.25) is 14.4 Å². The van der Waals surface area contributed by atoms with Crippen LogP contribution >= 0.6 is 0 Å². The Bertz CT molecular complexity index is 1330. The molecule has 8 rings (SSSR count). The van der Waals surface area contributed by atoms with Crippen LogP contribution in [0.25, 0.3) is 0 Å². The van der Waals surface area contributed by atoms with Crippen molar-refractivity contribution in [3.05, 3.63) is 12.2 Å². The van der Waals surface area contributed by atoms with Crippen LogP contribution in [0.4, 0.5) is 0 Å². The van der Waals surface area contributed by atoms with Crippen molar-refractivity contribution in [1.29, 1.82) is 0 Å². The summed E-state index contributed by atoms with van der Waals surface area (Å²) in [7, 11) is 0. The number of aliphatic hydroxyl groups is 3. The molecule has 2 saturated carbocycles. The van der Waals surface area contributed by atoms with Crippen LogP contribution in [0.1, 0.15) is 52.9 Å². The van der Waals surface area contributed by atoms with E-state index in [0.29, 0.717) is 0 Å². The molecule has 5 aliphatic heterocycles. The summed E-state index contributed by atoms with van der Waals surface area (Å²) in [5, 5.41) is 35.6. The summed E-state index contributed by atoms with van der Waals surface area (Å²) in [5.41, 5.74) is -10.4. The zero-order chi connectivity index (χ0) is 27.8. The number of aliphatic hydroxyl groups excluding tert-OH is 1. The van der Waals surface area contributed by atoms with E-state index in [1.165, 1.54) is 12.2 Å². The molecule has 0 amide bonds. The van der Waals surface area contributed by atoms with Crippen LogP contribution in [0.15, 0.2) is 12.2 Å². The molecule has 0 aromatic rings. The molecule has 11 nitrogen and oxygen atoms in total. The first-order chi connectivity index (χ1) is 18.2. The lowest BCUT2D eigenvalue weighted by Gasteiger charge is -2.64. The molecule has 5 saturated heterocycles. The van der Waals surface area contributed by atoms with E-state index in [1.54, 1.807) is 20.8 Å². The molecule has 8 aliphatic rings. The second-order valence-electron chi connectivity index (χ2n) is 13.8. The smallest absolute Gasteiger partial charge is 0.342 e. The average molecular weight is 545 g/mol. The van der Waals surface area contributed by atoms with E-state index < -0.39 is 98.4 Å². The number of carbonyl (C=O) groups excluding carboxylic acids is 4. The second kappa shape index (κ2) is 6.49. The molecule has 3 N–H and O–H groups in total. The number of allylic oxidation sites excluding steroid dienone is 1. The van der Waals surface area contributed by atoms with Crippen LogP contribution in [0.5, 0.6) is 0 Å². The van der Waals surface area contributed by atoms with Gasteiger partial charge in [-0.2, -0.15) is 0 Å². The van der Waals surface area contributed by atoms with E-state index >= 15 is 0 Å². The number of fused-ring (bicyclic) bond motifs is 5. The molecular formula is C28H32O11. The second-order valence-corrected chi connectivity index (χ2v) is 13.8. The predicted molar refractivity (Wildman–Crippen MR) is 125 cm³/mol. The van der Waals surface area contributed by atoms with Crippen LogP contribution in [0.2, 0.25) is 0 Å². The number of rotatable bonds is 0. The van der Waals surface area contributed by atoms with Crippen molar-refractivity contribution in [2.24, 2.45) is 34.5 Å². The van der Waals surface area contributed by atoms with Crippen LogP contribution in [0.3, 0.4) is 0 Å². The number of hydrogen-bond acceptors (Lipinski definition) is 11. The van der Waals surface area contributed by atoms with Gasteiger partial charge in [-0.1, -0.05) is 13.0 Å². The molecule has 0 aromatic carbocycles. The Kier molecular flexibility index (Phi) is 4.09. The van der Waals surface area contributed by atoms with Gasteiger partial charge in [-0.15, -0.1) is 0 Å². The molecule has 2 spiro atoms. The number of ether oxygens (including phenoxy) is 4. The first-order valence-electron chi connectivity index (χ1n) is 13.8. The van der Waals surface area contributed by atoms with Crippen molar-refractivity contribution in [3.8, 4) is 0 Å². The van der Waals surface area contributed by atoms with Gasteiger partial charge in [-0.05, 0) is 63.4 Å². The molecular weight excluding hydrogens is 512 g/mol. The fraction of sp³-hybridized carbons (Fsp3) is 0.786. The summed E-state index contributed by atoms with van der Waals surface area (Å²) in [6, 6.07) is 0. The van der Waals surface area contributed by atoms with E-state index in [0.717, 1.165) is 0 Å². The number of ketones is 2. The third-order valence-electron chi connectivity index (χ3n) is 12.7. The number of Topliss-reactive ketones (excluding diaryl/α,β-unsaturated/α-hetero) is 1. The lowest BCUT2D eigenvalue weighted by molar-refractivity contribution is -0.382. The van der Waals surface area contributed by atoms with Gasteiger partial charge in [0.1, 0.15) is 11.7 Å². The molecule has 0 unspecified atom stereocenters. The standard InChI is InChI=1S/C28H32O11/c1-22-10-17-24(3)28-18(22)19(31)27(39-28,36-11-14(22)20(32)37-17)13-9-16(30)25(34)7-4-5-15(29)23(25,2)12(13)6-8-26(28,35)21(33)38-24/h4-5,12-14,16-18,30,34-35H,6-11H2,1-3H3/t12-,13+,14-,16+,17+,18-,22+,23-,24-,25+,26-,27+,28-/m0/s1. The summed E-state index contributed by atoms with van der Waals surface area (Å²) < 4.78 is 24.9. The van der Waals surface area contributed by atoms with E-state index in [4.69, 9.17) is 18.9 Å². The Labute approximate surface area is 223 Å². The SMILES string of the molecule is C[C@@]12C[C@H]3OC(=O)[C@@H]1CO[C@]14O[C@@]5([C@H]2C1=O)[C@@]3(C)OC(=O)[C@@]5(O)CC[C@H]1[C@H]4C[C@@H](O)[C@]2(O)CC=CC(=O)[C@]12C. The number of hydrogen-bond donors (Lipinski definition) is 3. The summed E-state index contributed by atoms with van der Waals surface area (Å²) in [4.78, 5) is 55.5. The highest BCUT2D eigenvalue weighted by Crippen LogP contribution is 2.75. The zero-order valence-electron chi connectivity index (χ0n) is 22.0. The van der Waals surface area contributed by atoms with Crippen molar-refractivity contribution in [2.45, 2.75) is 93.3 Å². The van der Waals surface area contributed by atoms with Gasteiger partial charge >= 0.3 is 11.9 Å². The molecule has 39 heavy (non-hydrogen) atoms. The monoisotopic (exact) mass is 544 g/mol. The lowest BCUT2D eigenvalue weighted by atomic mass is 9.46. The van der Waals surface area contributed by atoms with Gasteiger partial charge in [0.25, 0.3) is 0 Å². The Morgan fingerprint density at radius 2 is 1.79 bits per heavy atom. The Morgan fingerprint density at radius 1 is 1.05 bits per heavy atom. The number of carbonyl (C=O) groups is 4. The van der Waals surface area contributed by atoms with Crippen molar-refractivity contribution in [3.63, 3.8) is 0 Å². The first kappa shape index (κ1) is 24.6. The van der Waals surface area contributed by atoms with Crippen molar-refractivity contribution < 1.29 is 53.4 Å². The third-order valence-corrected chi connectivity index (χ3v) is 12.7. The first-order valence-corrected chi connectivity index (χ1v) is 13.8. The maximum Gasteiger partial charge on any atom is 0.342 e. The Morgan fingerprint density at radius 3 is 2.54 bits per heavy atom. The molecule has 5 bridgehead atoms. The normalized spacial score (nSPS) is 62.0. The minimum Gasteiger partial charge on any atom is -0.458 e. The summed E-state index contributed by atoms with van der Waals surface area (Å²) >= 11 is 0. The number of esters is 2. The highest BCUT2D eigenvalue weighted by molar-refractivity contribution is 6.00. The lowest BCUT2D eigenvalue weighted by Crippen LogP contribution is -2.79. The van der Waals surface area contributed by atoms with Gasteiger partial charge in [0.15, 0.2) is 28.4 Å². The van der Waals surface area contributed by atoms with E-state index in [9.17, 15) is 34.5 Å². The third kappa shape index (κ3) is 2.10. The molecule has 5 heterocycles. The molecule has 0 aromatic heterocycles. The largest absolute Gasteiger partial charge is 0.458 e. The quantitative estimate of drug-likeness (QED) is 0.344. The predicted octanol–water partition coefficient (Wildman–Crippen LogP) is -0.277. The fourth-order valence-corrected chi connectivity index (χ4v) is 10.6. The summed E-state index contributed by atoms with van der Waals surface area (Å²) in [5.74, 6) is -8.35.